The third-order valence-electron chi connectivity index (χ3n) is 6.16. The molecule has 0 aliphatic rings. The molecule has 1 amide bonds. The molecule has 1 aromatic heterocycles. The van der Waals surface area contributed by atoms with Crippen molar-refractivity contribution in [3.63, 3.8) is 0 Å². The fraction of sp³-hybridized carbons (Fsp3) is 0.138. The molecule has 4 rings (SSSR count). The largest absolute Gasteiger partial charge is 0.465 e. The summed E-state index contributed by atoms with van der Waals surface area (Å²) in [7, 11) is 1.32. The van der Waals surface area contributed by atoms with E-state index in [1.165, 1.54) is 13.3 Å². The number of carbonyl (C=O) groups is 2. The second-order valence-corrected chi connectivity index (χ2v) is 8.87. The number of benzene rings is 3. The highest BCUT2D eigenvalue weighted by atomic mass is 35.5. The molecule has 1 heterocycles. The van der Waals surface area contributed by atoms with Gasteiger partial charge in [0.2, 0.25) is 0 Å². The average molecular weight is 516 g/mol. The molecule has 37 heavy (non-hydrogen) atoms. The molecule has 7 nitrogen and oxygen atoms in total. The van der Waals surface area contributed by atoms with E-state index < -0.39 is 17.5 Å². The Bertz CT molecular complexity index is 1420. The molecule has 4 aromatic rings. The first-order valence-electron chi connectivity index (χ1n) is 11.5. The van der Waals surface area contributed by atoms with Crippen molar-refractivity contribution < 1.29 is 19.4 Å². The Labute approximate surface area is 220 Å². The number of esters is 1. The number of aliphatic hydroxyl groups is 1. The standard InChI is InChI=1S/C29H26ClN3O4/c1-19-16-22(20(2)33(19)26-17-21(27(34)37-3)14-15-25(26)30)18-31-32-28(35)29(36,23-10-6-4-7-11-23)24-12-8-5-9-13-24/h4-18,36H,1-3H3,(H,32,35)/b31-18+. The van der Waals surface area contributed by atoms with E-state index in [9.17, 15) is 14.7 Å². The van der Waals surface area contributed by atoms with Gasteiger partial charge in [0.25, 0.3) is 5.91 Å². The molecule has 0 aliphatic carbocycles. The third-order valence-corrected chi connectivity index (χ3v) is 6.48. The second kappa shape index (κ2) is 10.8. The number of hydrogen-bond acceptors (Lipinski definition) is 5. The van der Waals surface area contributed by atoms with Crippen LogP contribution in [-0.2, 0) is 15.1 Å². The van der Waals surface area contributed by atoms with Gasteiger partial charge in [0.1, 0.15) is 0 Å². The number of ether oxygens (including phenoxy) is 1. The van der Waals surface area contributed by atoms with Crippen LogP contribution in [0.15, 0.2) is 90.0 Å². The zero-order chi connectivity index (χ0) is 26.6. The fourth-order valence-electron chi connectivity index (χ4n) is 4.25. The van der Waals surface area contributed by atoms with Crippen LogP contribution in [-0.4, -0.2) is 34.9 Å². The Kier molecular flexibility index (Phi) is 7.57. The Morgan fingerprint density at radius 1 is 0.973 bits per heavy atom. The Morgan fingerprint density at radius 2 is 1.57 bits per heavy atom. The molecule has 0 spiro atoms. The van der Waals surface area contributed by atoms with Crippen LogP contribution >= 0.6 is 11.6 Å². The summed E-state index contributed by atoms with van der Waals surface area (Å²) in [5.41, 5.74) is 4.76. The number of halogens is 1. The predicted octanol–water partition coefficient (Wildman–Crippen LogP) is 4.92. The molecule has 0 atom stereocenters. The van der Waals surface area contributed by atoms with Crippen molar-refractivity contribution in [2.45, 2.75) is 19.4 Å². The van der Waals surface area contributed by atoms with Crippen LogP contribution in [0.2, 0.25) is 5.02 Å². The van der Waals surface area contributed by atoms with E-state index in [0.29, 0.717) is 27.4 Å². The second-order valence-electron chi connectivity index (χ2n) is 8.46. The number of amides is 1. The number of nitrogens with zero attached hydrogens (tertiary/aromatic N) is 2. The van der Waals surface area contributed by atoms with Gasteiger partial charge in [-0.05, 0) is 49.2 Å². The SMILES string of the molecule is COC(=O)c1ccc(Cl)c(-n2c(C)cc(/C=N/NC(=O)C(O)(c3ccccc3)c3ccccc3)c2C)c1. The summed E-state index contributed by atoms with van der Waals surface area (Å²) in [5, 5.41) is 16.2. The van der Waals surface area contributed by atoms with Gasteiger partial charge in [-0.15, -0.1) is 0 Å². The summed E-state index contributed by atoms with van der Waals surface area (Å²) < 4.78 is 6.72. The molecule has 0 bridgehead atoms. The van der Waals surface area contributed by atoms with Crippen molar-refractivity contribution in [1.82, 2.24) is 9.99 Å². The molecule has 0 radical (unpaired) electrons. The highest BCUT2D eigenvalue weighted by molar-refractivity contribution is 6.32. The number of aromatic nitrogens is 1. The van der Waals surface area contributed by atoms with Crippen molar-refractivity contribution in [3.8, 4) is 5.69 Å². The molecule has 3 aromatic carbocycles. The van der Waals surface area contributed by atoms with Crippen LogP contribution in [0, 0.1) is 13.8 Å². The van der Waals surface area contributed by atoms with Crippen LogP contribution < -0.4 is 5.43 Å². The Morgan fingerprint density at radius 3 is 2.14 bits per heavy atom. The van der Waals surface area contributed by atoms with E-state index in [1.807, 2.05) is 36.6 Å². The van der Waals surface area contributed by atoms with Gasteiger partial charge in [-0.3, -0.25) is 4.79 Å². The Hall–Kier alpha value is -4.20. The maximum atomic E-state index is 13.3. The van der Waals surface area contributed by atoms with Gasteiger partial charge in [-0.1, -0.05) is 72.3 Å². The number of methoxy groups -OCH3 is 1. The van der Waals surface area contributed by atoms with Crippen LogP contribution in [0.5, 0.6) is 0 Å². The van der Waals surface area contributed by atoms with Gasteiger partial charge < -0.3 is 14.4 Å². The van der Waals surface area contributed by atoms with Crippen LogP contribution in [0.4, 0.5) is 0 Å². The van der Waals surface area contributed by atoms with Crippen molar-refractivity contribution >= 4 is 29.7 Å². The smallest absolute Gasteiger partial charge is 0.337 e. The van der Waals surface area contributed by atoms with Gasteiger partial charge in [-0.25, -0.2) is 10.2 Å². The van der Waals surface area contributed by atoms with E-state index in [1.54, 1.807) is 66.7 Å². The lowest BCUT2D eigenvalue weighted by molar-refractivity contribution is -0.136. The predicted molar refractivity (Wildman–Crippen MR) is 143 cm³/mol. The molecule has 0 fully saturated rings. The topological polar surface area (TPSA) is 92.9 Å². The number of nitrogens with one attached hydrogen (secondary N) is 1. The fourth-order valence-corrected chi connectivity index (χ4v) is 4.45. The maximum absolute atomic E-state index is 13.3. The van der Waals surface area contributed by atoms with Crippen molar-refractivity contribution in [1.29, 1.82) is 0 Å². The van der Waals surface area contributed by atoms with Gasteiger partial charge in [0.05, 0.1) is 29.6 Å². The average Bonchev–Trinajstić information content (AvgIpc) is 3.21. The Balaban J connectivity index is 1.63. The summed E-state index contributed by atoms with van der Waals surface area (Å²) in [5.74, 6) is -1.15. The van der Waals surface area contributed by atoms with Gasteiger partial charge in [-0.2, -0.15) is 5.10 Å². The number of hydrogen-bond donors (Lipinski definition) is 2. The van der Waals surface area contributed by atoms with Crippen molar-refractivity contribution in [2.24, 2.45) is 5.10 Å². The number of hydrazone groups is 1. The van der Waals surface area contributed by atoms with Gasteiger partial charge >= 0.3 is 5.97 Å². The summed E-state index contributed by atoms with van der Waals surface area (Å²) in [4.78, 5) is 25.3. The summed E-state index contributed by atoms with van der Waals surface area (Å²) in [6.45, 7) is 3.77. The quantitative estimate of drug-likeness (QED) is 0.207. The molecule has 188 valence electrons. The first-order chi connectivity index (χ1) is 17.8. The first-order valence-corrected chi connectivity index (χ1v) is 11.9. The van der Waals surface area contributed by atoms with Crippen molar-refractivity contribution in [3.05, 3.63) is 124 Å². The number of carbonyl (C=O) groups excluding carboxylic acids is 2. The van der Waals surface area contributed by atoms with Gasteiger partial charge in [0.15, 0.2) is 5.60 Å². The van der Waals surface area contributed by atoms with E-state index in [4.69, 9.17) is 16.3 Å². The van der Waals surface area contributed by atoms with E-state index in [2.05, 4.69) is 10.5 Å². The molecular formula is C29H26ClN3O4. The summed E-state index contributed by atoms with van der Waals surface area (Å²) in [6.07, 6.45) is 1.51. The van der Waals surface area contributed by atoms with Crippen LogP contribution in [0.3, 0.4) is 0 Å². The zero-order valence-corrected chi connectivity index (χ0v) is 21.4. The number of aryl methyl sites for hydroxylation is 1. The maximum Gasteiger partial charge on any atom is 0.337 e. The molecule has 0 saturated heterocycles. The molecular weight excluding hydrogens is 490 g/mol. The third kappa shape index (κ3) is 5.05. The summed E-state index contributed by atoms with van der Waals surface area (Å²) >= 11 is 6.45. The molecule has 0 saturated carbocycles. The highest BCUT2D eigenvalue weighted by Crippen LogP contribution is 2.30. The number of rotatable bonds is 7. The van der Waals surface area contributed by atoms with Crippen molar-refractivity contribution in [2.75, 3.05) is 7.11 Å². The minimum atomic E-state index is -1.93. The zero-order valence-electron chi connectivity index (χ0n) is 20.6. The normalized spacial score (nSPS) is 11.5. The van der Waals surface area contributed by atoms with E-state index in [0.717, 1.165) is 17.0 Å². The molecule has 0 aliphatic heterocycles. The molecule has 0 unspecified atom stereocenters. The minimum absolute atomic E-state index is 0.373. The summed E-state index contributed by atoms with van der Waals surface area (Å²) in [6, 6.07) is 24.2. The van der Waals surface area contributed by atoms with E-state index >= 15 is 0 Å². The highest BCUT2D eigenvalue weighted by Gasteiger charge is 2.39. The molecule has 8 heteroatoms. The van der Waals surface area contributed by atoms with Crippen LogP contribution in [0.1, 0.15) is 38.4 Å². The lowest BCUT2D eigenvalue weighted by Crippen LogP contribution is -2.43. The lowest BCUT2D eigenvalue weighted by atomic mass is 9.85. The monoisotopic (exact) mass is 515 g/mol. The minimum Gasteiger partial charge on any atom is -0.465 e. The lowest BCUT2D eigenvalue weighted by Gasteiger charge is -2.27. The first kappa shape index (κ1) is 25.9. The van der Waals surface area contributed by atoms with E-state index in [-0.39, 0.29) is 0 Å². The van der Waals surface area contributed by atoms with Crippen LogP contribution in [0.25, 0.3) is 5.69 Å². The van der Waals surface area contributed by atoms with Gasteiger partial charge in [0, 0.05) is 17.0 Å². The molecule has 2 N–H and O–H groups in total.